The third-order valence-corrected chi connectivity index (χ3v) is 6.05. The molecule has 2 rings (SSSR count). The summed E-state index contributed by atoms with van der Waals surface area (Å²) in [5.41, 5.74) is 1.52. The zero-order valence-electron chi connectivity index (χ0n) is 16.5. The average Bonchev–Trinajstić information content (AvgIpc) is 2.67. The molecule has 0 saturated heterocycles. The van der Waals surface area contributed by atoms with Gasteiger partial charge in [-0.3, -0.25) is 4.79 Å². The molecule has 7 heteroatoms. The molecule has 0 aliphatic carbocycles. The molecular weight excluding hydrogens is 374 g/mol. The van der Waals surface area contributed by atoms with Crippen LogP contribution in [0.4, 0.5) is 11.4 Å². The zero-order valence-corrected chi connectivity index (χ0v) is 17.3. The van der Waals surface area contributed by atoms with E-state index in [1.54, 1.807) is 17.0 Å². The van der Waals surface area contributed by atoms with Gasteiger partial charge in [-0.2, -0.15) is 4.31 Å². The van der Waals surface area contributed by atoms with Gasteiger partial charge in [0.25, 0.3) is 0 Å². The second-order valence-electron chi connectivity index (χ2n) is 6.65. The van der Waals surface area contributed by atoms with Gasteiger partial charge < -0.3 is 10.2 Å². The van der Waals surface area contributed by atoms with Gasteiger partial charge in [0.05, 0.1) is 11.4 Å². The lowest BCUT2D eigenvalue weighted by Gasteiger charge is -2.27. The van der Waals surface area contributed by atoms with Gasteiger partial charge in [-0.05, 0) is 50.2 Å². The van der Waals surface area contributed by atoms with E-state index in [-0.39, 0.29) is 29.9 Å². The average molecular weight is 402 g/mol. The van der Waals surface area contributed by atoms with Crippen LogP contribution in [0.15, 0.2) is 72.1 Å². The Morgan fingerprint density at radius 3 is 2.25 bits per heavy atom. The minimum Gasteiger partial charge on any atom is -0.376 e. The normalized spacial score (nSPS) is 11.5. The van der Waals surface area contributed by atoms with Crippen molar-refractivity contribution in [1.29, 1.82) is 0 Å². The molecule has 0 unspecified atom stereocenters. The molecular formula is C21H27N3O3S. The lowest BCUT2D eigenvalue weighted by Crippen LogP contribution is -2.40. The Hall–Kier alpha value is -2.64. The monoisotopic (exact) mass is 401 g/mol. The van der Waals surface area contributed by atoms with Crippen LogP contribution in [0.3, 0.4) is 0 Å². The number of sulfonamides is 1. The molecule has 0 atom stereocenters. The summed E-state index contributed by atoms with van der Waals surface area (Å²) in [6.45, 7) is 7.83. The van der Waals surface area contributed by atoms with Gasteiger partial charge in [-0.25, -0.2) is 8.42 Å². The third kappa shape index (κ3) is 5.21. The van der Waals surface area contributed by atoms with E-state index in [1.807, 2.05) is 44.2 Å². The summed E-state index contributed by atoms with van der Waals surface area (Å²) >= 11 is 0. The highest BCUT2D eigenvalue weighted by Gasteiger charge is 2.20. The van der Waals surface area contributed by atoms with Crippen LogP contribution >= 0.6 is 0 Å². The van der Waals surface area contributed by atoms with Crippen LogP contribution < -0.4 is 10.2 Å². The number of para-hydroxylation sites is 1. The predicted octanol–water partition coefficient (Wildman–Crippen LogP) is 3.35. The van der Waals surface area contributed by atoms with E-state index in [9.17, 15) is 13.2 Å². The van der Waals surface area contributed by atoms with Crippen molar-refractivity contribution in [3.8, 4) is 0 Å². The molecule has 1 N–H and O–H groups in total. The second kappa shape index (κ2) is 9.52. The number of hydrogen-bond donors (Lipinski definition) is 1. The van der Waals surface area contributed by atoms with Crippen molar-refractivity contribution in [2.75, 3.05) is 30.4 Å². The number of hydrogen-bond acceptors (Lipinski definition) is 4. The minimum absolute atomic E-state index is 0.0182. The van der Waals surface area contributed by atoms with E-state index in [2.05, 4.69) is 11.9 Å². The molecule has 0 aliphatic rings. The number of anilines is 2. The minimum atomic E-state index is -3.55. The molecule has 0 bridgehead atoms. The summed E-state index contributed by atoms with van der Waals surface area (Å²) in [6.07, 6.45) is 1.53. The highest BCUT2D eigenvalue weighted by Crippen LogP contribution is 2.19. The van der Waals surface area contributed by atoms with Crippen LogP contribution in [-0.4, -0.2) is 44.8 Å². The number of rotatable bonds is 9. The molecule has 0 aliphatic heterocycles. The van der Waals surface area contributed by atoms with Gasteiger partial charge in [0.15, 0.2) is 0 Å². The SMILES string of the molecule is C=CCN(C)S(=O)(=O)c1ccc(NCC(=O)N(c2ccccc2)C(C)C)cc1. The summed E-state index contributed by atoms with van der Waals surface area (Å²) in [6, 6.07) is 15.9. The number of amides is 1. The maximum atomic E-state index is 12.7. The molecule has 0 radical (unpaired) electrons. The van der Waals surface area contributed by atoms with E-state index < -0.39 is 10.0 Å². The number of nitrogens with one attached hydrogen (secondary N) is 1. The first-order valence-electron chi connectivity index (χ1n) is 9.05. The summed E-state index contributed by atoms with van der Waals surface area (Å²) in [5, 5.41) is 3.07. The molecule has 1 amide bonds. The van der Waals surface area contributed by atoms with Crippen molar-refractivity contribution in [1.82, 2.24) is 4.31 Å². The topological polar surface area (TPSA) is 69.7 Å². The highest BCUT2D eigenvalue weighted by atomic mass is 32.2. The molecule has 0 spiro atoms. The number of carbonyl (C=O) groups excluding carboxylic acids is 1. The Kier molecular flexibility index (Phi) is 7.37. The van der Waals surface area contributed by atoms with Crippen LogP contribution in [0.5, 0.6) is 0 Å². The highest BCUT2D eigenvalue weighted by molar-refractivity contribution is 7.89. The predicted molar refractivity (Wildman–Crippen MR) is 114 cm³/mol. The Labute approximate surface area is 167 Å². The van der Waals surface area contributed by atoms with E-state index in [1.165, 1.54) is 29.6 Å². The van der Waals surface area contributed by atoms with Crippen molar-refractivity contribution in [3.63, 3.8) is 0 Å². The first-order valence-corrected chi connectivity index (χ1v) is 10.5. The van der Waals surface area contributed by atoms with E-state index >= 15 is 0 Å². The fourth-order valence-electron chi connectivity index (χ4n) is 2.79. The fraction of sp³-hybridized carbons (Fsp3) is 0.286. The van der Waals surface area contributed by atoms with Crippen LogP contribution in [0.1, 0.15) is 13.8 Å². The maximum absolute atomic E-state index is 12.7. The van der Waals surface area contributed by atoms with Crippen LogP contribution in [-0.2, 0) is 14.8 Å². The summed E-state index contributed by atoms with van der Waals surface area (Å²) < 4.78 is 26.1. The number of likely N-dealkylation sites (N-methyl/N-ethyl adjacent to an activating group) is 1. The largest absolute Gasteiger partial charge is 0.376 e. The molecule has 2 aromatic rings. The Morgan fingerprint density at radius 1 is 1.11 bits per heavy atom. The van der Waals surface area contributed by atoms with Gasteiger partial charge in [0.1, 0.15) is 0 Å². The smallest absolute Gasteiger partial charge is 0.246 e. The van der Waals surface area contributed by atoms with Crippen molar-refractivity contribution in [2.45, 2.75) is 24.8 Å². The van der Waals surface area contributed by atoms with Gasteiger partial charge >= 0.3 is 0 Å². The molecule has 0 saturated carbocycles. The Bertz CT molecular complexity index is 894. The first kappa shape index (κ1) is 21.7. The van der Waals surface area contributed by atoms with Crippen LogP contribution in [0.25, 0.3) is 0 Å². The van der Waals surface area contributed by atoms with Crippen molar-refractivity contribution >= 4 is 27.3 Å². The Balaban J connectivity index is 2.06. The van der Waals surface area contributed by atoms with Crippen molar-refractivity contribution in [2.24, 2.45) is 0 Å². The zero-order chi connectivity index (χ0) is 20.7. The van der Waals surface area contributed by atoms with E-state index in [4.69, 9.17) is 0 Å². The standard InChI is InChI=1S/C21H27N3O3S/c1-5-15-23(4)28(26,27)20-13-11-18(12-14-20)22-16-21(25)24(17(2)3)19-9-7-6-8-10-19/h5-14,17,22H,1,15-16H2,2-4H3. The second-order valence-corrected chi connectivity index (χ2v) is 8.69. The van der Waals surface area contributed by atoms with E-state index in [0.717, 1.165) is 5.69 Å². The van der Waals surface area contributed by atoms with E-state index in [0.29, 0.717) is 5.69 Å². The summed E-state index contributed by atoms with van der Waals surface area (Å²) in [7, 11) is -2.04. The quantitative estimate of drug-likeness (QED) is 0.654. The molecule has 0 heterocycles. The molecule has 28 heavy (non-hydrogen) atoms. The molecule has 6 nitrogen and oxygen atoms in total. The lowest BCUT2D eigenvalue weighted by atomic mass is 10.2. The Morgan fingerprint density at radius 2 is 1.71 bits per heavy atom. The summed E-state index contributed by atoms with van der Waals surface area (Å²) in [4.78, 5) is 14.6. The number of carbonyl (C=O) groups is 1. The third-order valence-electron chi connectivity index (χ3n) is 4.21. The number of nitrogens with zero attached hydrogens (tertiary/aromatic N) is 2. The van der Waals surface area contributed by atoms with Crippen molar-refractivity contribution < 1.29 is 13.2 Å². The van der Waals surface area contributed by atoms with Gasteiger partial charge in [-0.15, -0.1) is 6.58 Å². The molecule has 0 aromatic heterocycles. The maximum Gasteiger partial charge on any atom is 0.246 e. The molecule has 2 aromatic carbocycles. The molecule has 0 fully saturated rings. The lowest BCUT2D eigenvalue weighted by molar-refractivity contribution is -0.117. The van der Waals surface area contributed by atoms with Crippen LogP contribution in [0, 0.1) is 0 Å². The van der Waals surface area contributed by atoms with Gasteiger partial charge in [-0.1, -0.05) is 24.3 Å². The van der Waals surface area contributed by atoms with Crippen molar-refractivity contribution in [3.05, 3.63) is 67.3 Å². The fourth-order valence-corrected chi connectivity index (χ4v) is 3.93. The summed E-state index contributed by atoms with van der Waals surface area (Å²) in [5.74, 6) is -0.0661. The van der Waals surface area contributed by atoms with Gasteiger partial charge in [0.2, 0.25) is 15.9 Å². The molecule has 150 valence electrons. The number of benzene rings is 2. The van der Waals surface area contributed by atoms with Gasteiger partial charge in [0, 0.05) is 31.0 Å². The van der Waals surface area contributed by atoms with Crippen LogP contribution in [0.2, 0.25) is 0 Å². The first-order chi connectivity index (χ1) is 13.3.